The monoisotopic (exact) mass is 493 g/mol. The van der Waals surface area contributed by atoms with Gasteiger partial charge in [-0.15, -0.1) is 24.0 Å². The van der Waals surface area contributed by atoms with Crippen LogP contribution in [0.2, 0.25) is 5.15 Å². The van der Waals surface area contributed by atoms with Crippen molar-refractivity contribution in [2.45, 2.75) is 33.1 Å². The third kappa shape index (κ3) is 8.86. The lowest BCUT2D eigenvalue weighted by Crippen LogP contribution is -2.42. The molecule has 1 aromatic heterocycles. The number of guanidine groups is 1. The summed E-state index contributed by atoms with van der Waals surface area (Å²) in [6.45, 7) is 10.1. The predicted molar refractivity (Wildman–Crippen MR) is 122 cm³/mol. The lowest BCUT2D eigenvalue weighted by atomic mass is 9.92. The summed E-state index contributed by atoms with van der Waals surface area (Å²) in [6, 6.07) is 3.83. The summed E-state index contributed by atoms with van der Waals surface area (Å²) in [5.74, 6) is 2.52. The second-order valence-electron chi connectivity index (χ2n) is 7.22. The number of nitrogens with zero attached hydrogens (tertiary/aromatic N) is 3. The van der Waals surface area contributed by atoms with E-state index in [1.54, 1.807) is 0 Å². The molecule has 26 heavy (non-hydrogen) atoms. The predicted octanol–water partition coefficient (Wildman–Crippen LogP) is 3.43. The van der Waals surface area contributed by atoms with Crippen LogP contribution in [0.15, 0.2) is 23.3 Å². The molecule has 0 aromatic carbocycles. The van der Waals surface area contributed by atoms with E-state index in [9.17, 15) is 0 Å². The van der Waals surface area contributed by atoms with E-state index >= 15 is 0 Å². The summed E-state index contributed by atoms with van der Waals surface area (Å²) < 4.78 is 0. The highest BCUT2D eigenvalue weighted by atomic mass is 127. The highest BCUT2D eigenvalue weighted by molar-refractivity contribution is 14.0. The van der Waals surface area contributed by atoms with Crippen LogP contribution in [0.5, 0.6) is 0 Å². The molecule has 0 saturated carbocycles. The molecule has 2 N–H and O–H groups in total. The minimum absolute atomic E-state index is 0. The summed E-state index contributed by atoms with van der Waals surface area (Å²) >= 11 is 5.80. The average molecular weight is 494 g/mol. The zero-order valence-electron chi connectivity index (χ0n) is 16.2. The second kappa shape index (κ2) is 12.7. The molecule has 0 bridgehead atoms. The molecule has 1 fully saturated rings. The summed E-state index contributed by atoms with van der Waals surface area (Å²) in [5, 5.41) is 7.29. The minimum atomic E-state index is 0. The van der Waals surface area contributed by atoms with Crippen LogP contribution in [0.4, 0.5) is 0 Å². The number of piperidine rings is 1. The van der Waals surface area contributed by atoms with Crippen LogP contribution in [0.3, 0.4) is 0 Å². The van der Waals surface area contributed by atoms with Gasteiger partial charge in [0.25, 0.3) is 0 Å². The summed E-state index contributed by atoms with van der Waals surface area (Å²) in [7, 11) is 1.81. The van der Waals surface area contributed by atoms with E-state index in [4.69, 9.17) is 11.6 Å². The molecule has 2 unspecified atom stereocenters. The van der Waals surface area contributed by atoms with Crippen molar-refractivity contribution in [3.05, 3.63) is 29.0 Å². The molecule has 0 spiro atoms. The third-order valence-electron chi connectivity index (χ3n) is 4.61. The first-order chi connectivity index (χ1) is 12.1. The van der Waals surface area contributed by atoms with Crippen LogP contribution in [-0.2, 0) is 6.42 Å². The van der Waals surface area contributed by atoms with Crippen molar-refractivity contribution < 1.29 is 0 Å². The molecule has 1 aliphatic heterocycles. The number of aliphatic imine (C=N–C) groups is 1. The highest BCUT2D eigenvalue weighted by Crippen LogP contribution is 2.20. The maximum Gasteiger partial charge on any atom is 0.190 e. The van der Waals surface area contributed by atoms with E-state index in [-0.39, 0.29) is 24.0 Å². The Morgan fingerprint density at radius 3 is 2.54 bits per heavy atom. The van der Waals surface area contributed by atoms with Crippen molar-refractivity contribution in [3.8, 4) is 0 Å². The third-order valence-corrected chi connectivity index (χ3v) is 4.83. The number of hydrogen-bond acceptors (Lipinski definition) is 3. The Morgan fingerprint density at radius 2 is 1.92 bits per heavy atom. The molecule has 1 saturated heterocycles. The van der Waals surface area contributed by atoms with Gasteiger partial charge in [-0.1, -0.05) is 31.5 Å². The molecule has 2 heterocycles. The Labute approximate surface area is 180 Å². The van der Waals surface area contributed by atoms with Gasteiger partial charge in [0, 0.05) is 39.4 Å². The van der Waals surface area contributed by atoms with Crippen LogP contribution in [0.25, 0.3) is 0 Å². The summed E-state index contributed by atoms with van der Waals surface area (Å²) in [4.78, 5) is 11.0. The quantitative estimate of drug-likeness (QED) is 0.201. The average Bonchev–Trinajstić information content (AvgIpc) is 2.58. The highest BCUT2D eigenvalue weighted by Gasteiger charge is 2.20. The number of rotatable bonds is 7. The fraction of sp³-hybridized carbons (Fsp3) is 0.684. The standard InChI is InChI=1S/C19H32ClN5.HI/c1-15-11-16(2)14-25(13-15)10-4-8-22-19(21-3)23-9-7-17-5-6-18(20)24-12-17;/h5-6,12,15-16H,4,7-11,13-14H2,1-3H3,(H2,21,22,23);1H. The second-order valence-corrected chi connectivity index (χ2v) is 7.61. The number of halogens is 2. The largest absolute Gasteiger partial charge is 0.356 e. The smallest absolute Gasteiger partial charge is 0.190 e. The number of aromatic nitrogens is 1. The van der Waals surface area contributed by atoms with Crippen LogP contribution in [0.1, 0.15) is 32.3 Å². The van der Waals surface area contributed by atoms with Gasteiger partial charge in [-0.05, 0) is 49.3 Å². The van der Waals surface area contributed by atoms with E-state index in [0.717, 1.165) is 50.3 Å². The fourth-order valence-electron chi connectivity index (χ4n) is 3.58. The van der Waals surface area contributed by atoms with Gasteiger partial charge in [-0.25, -0.2) is 4.98 Å². The first-order valence-corrected chi connectivity index (χ1v) is 9.72. The molecule has 0 aliphatic carbocycles. The van der Waals surface area contributed by atoms with Gasteiger partial charge >= 0.3 is 0 Å². The SMILES string of the molecule is CN=C(NCCCN1CC(C)CC(C)C1)NCCc1ccc(Cl)nc1.I. The first-order valence-electron chi connectivity index (χ1n) is 9.34. The maximum absolute atomic E-state index is 5.80. The molecule has 7 heteroatoms. The van der Waals surface area contributed by atoms with E-state index in [2.05, 4.69) is 39.4 Å². The van der Waals surface area contributed by atoms with Gasteiger partial charge in [0.2, 0.25) is 0 Å². The molecule has 0 radical (unpaired) electrons. The Morgan fingerprint density at radius 1 is 1.23 bits per heavy atom. The van der Waals surface area contributed by atoms with E-state index < -0.39 is 0 Å². The zero-order chi connectivity index (χ0) is 18.1. The van der Waals surface area contributed by atoms with Gasteiger partial charge in [-0.2, -0.15) is 0 Å². The van der Waals surface area contributed by atoms with Crippen molar-refractivity contribution in [1.82, 2.24) is 20.5 Å². The normalized spacial score (nSPS) is 21.2. The Kier molecular flexibility index (Phi) is 11.5. The van der Waals surface area contributed by atoms with E-state index in [1.165, 1.54) is 25.1 Å². The number of nitrogens with one attached hydrogen (secondary N) is 2. The van der Waals surface area contributed by atoms with Crippen LogP contribution >= 0.6 is 35.6 Å². The van der Waals surface area contributed by atoms with Crippen molar-refractivity contribution in [2.75, 3.05) is 39.8 Å². The zero-order valence-corrected chi connectivity index (χ0v) is 19.3. The van der Waals surface area contributed by atoms with E-state index in [0.29, 0.717) is 5.15 Å². The van der Waals surface area contributed by atoms with Gasteiger partial charge in [0.1, 0.15) is 5.15 Å². The van der Waals surface area contributed by atoms with Crippen LogP contribution < -0.4 is 10.6 Å². The van der Waals surface area contributed by atoms with Crippen molar-refractivity contribution in [2.24, 2.45) is 16.8 Å². The number of pyridine rings is 1. The topological polar surface area (TPSA) is 52.6 Å². The Hall–Kier alpha value is -0.600. The summed E-state index contributed by atoms with van der Waals surface area (Å²) in [6.07, 6.45) is 5.23. The van der Waals surface area contributed by atoms with Crippen LogP contribution in [0, 0.1) is 11.8 Å². The Bertz CT molecular complexity index is 527. The molecule has 0 amide bonds. The van der Waals surface area contributed by atoms with Crippen molar-refractivity contribution in [3.63, 3.8) is 0 Å². The van der Waals surface area contributed by atoms with E-state index in [1.807, 2.05) is 25.4 Å². The fourth-order valence-corrected chi connectivity index (χ4v) is 3.70. The minimum Gasteiger partial charge on any atom is -0.356 e. The van der Waals surface area contributed by atoms with Crippen LogP contribution in [-0.4, -0.2) is 55.6 Å². The maximum atomic E-state index is 5.80. The van der Waals surface area contributed by atoms with Gasteiger partial charge in [0.15, 0.2) is 5.96 Å². The number of likely N-dealkylation sites (tertiary alicyclic amines) is 1. The lowest BCUT2D eigenvalue weighted by molar-refractivity contribution is 0.140. The molecule has 1 aliphatic rings. The molecule has 2 rings (SSSR count). The van der Waals surface area contributed by atoms with Gasteiger partial charge in [-0.3, -0.25) is 4.99 Å². The molecular weight excluding hydrogens is 461 g/mol. The number of hydrogen-bond donors (Lipinski definition) is 2. The first kappa shape index (κ1) is 23.4. The molecule has 1 aromatic rings. The molecule has 148 valence electrons. The van der Waals surface area contributed by atoms with Gasteiger partial charge in [0.05, 0.1) is 0 Å². The lowest BCUT2D eigenvalue weighted by Gasteiger charge is -2.35. The van der Waals surface area contributed by atoms with Gasteiger partial charge < -0.3 is 15.5 Å². The molecule has 2 atom stereocenters. The molecule has 5 nitrogen and oxygen atoms in total. The Balaban J connectivity index is 0.00000338. The van der Waals surface area contributed by atoms with Crippen molar-refractivity contribution in [1.29, 1.82) is 0 Å². The summed E-state index contributed by atoms with van der Waals surface area (Å²) in [5.41, 5.74) is 1.17. The van der Waals surface area contributed by atoms with Crippen molar-refractivity contribution >= 4 is 41.5 Å². The molecular formula is C19H33ClIN5.